The van der Waals surface area contributed by atoms with Gasteiger partial charge in [-0.25, -0.2) is 0 Å². The SMILES string of the molecule is NC(=O)c1c(C(N)=O)c(C(N)=O)c(C(=O)NCc2ccc(CCCO)cc2)c(C(N)=O)c1C(N)=O. The third kappa shape index (κ3) is 5.59. The molecular formula is C22H24N6O7. The number of carbonyl (C=O) groups excluding carboxylic acids is 6. The number of aryl methyl sites for hydroxylation is 1. The summed E-state index contributed by atoms with van der Waals surface area (Å²) >= 11 is 0. The summed E-state index contributed by atoms with van der Waals surface area (Å²) in [6.07, 6.45) is 1.22. The van der Waals surface area contributed by atoms with Crippen molar-refractivity contribution < 1.29 is 33.9 Å². The molecule has 2 aromatic rings. The van der Waals surface area contributed by atoms with Crippen LogP contribution in [-0.4, -0.2) is 47.2 Å². The summed E-state index contributed by atoms with van der Waals surface area (Å²) in [5, 5.41) is 11.4. The Labute approximate surface area is 198 Å². The fraction of sp³-hybridized carbons (Fsp3) is 0.182. The molecule has 0 aliphatic carbocycles. The molecule has 0 fully saturated rings. The predicted molar refractivity (Wildman–Crippen MR) is 122 cm³/mol. The molecule has 0 saturated heterocycles. The van der Waals surface area contributed by atoms with Gasteiger partial charge in [-0.3, -0.25) is 28.8 Å². The summed E-state index contributed by atoms with van der Waals surface area (Å²) in [5.74, 6) is -8.27. The minimum absolute atomic E-state index is 0.0390. The number of rotatable bonds is 11. The van der Waals surface area contributed by atoms with E-state index in [0.717, 1.165) is 5.56 Å². The van der Waals surface area contributed by atoms with Gasteiger partial charge in [-0.05, 0) is 24.0 Å². The highest BCUT2D eigenvalue weighted by atomic mass is 16.3. The number of hydrogen-bond donors (Lipinski definition) is 7. The molecule has 0 saturated carbocycles. The first-order valence-electron chi connectivity index (χ1n) is 10.1. The van der Waals surface area contributed by atoms with Gasteiger partial charge >= 0.3 is 0 Å². The molecule has 0 atom stereocenters. The molecule has 184 valence electrons. The van der Waals surface area contributed by atoms with Crippen LogP contribution in [-0.2, 0) is 13.0 Å². The lowest BCUT2D eigenvalue weighted by Crippen LogP contribution is -2.38. The van der Waals surface area contributed by atoms with Crippen molar-refractivity contribution in [3.63, 3.8) is 0 Å². The van der Waals surface area contributed by atoms with Crippen LogP contribution in [0.1, 0.15) is 79.7 Å². The second-order valence-corrected chi connectivity index (χ2v) is 7.40. The van der Waals surface area contributed by atoms with Crippen LogP contribution >= 0.6 is 0 Å². The standard InChI is InChI=1S/C22H24N6O7/c23-17(30)11-12(18(24)31)14(20(26)33)16(15(21(27)34)13(11)19(25)32)22(35)28-8-10-5-3-9(4-6-10)2-1-7-29/h3-6,29H,1-2,7-8H2,(H2,23,30)(H2,24,31)(H2,25,32)(H2,26,33)(H2,27,34)(H,28,35). The van der Waals surface area contributed by atoms with Gasteiger partial charge in [0.1, 0.15) is 0 Å². The summed E-state index contributed by atoms with van der Waals surface area (Å²) in [5.41, 5.74) is 22.6. The number of nitrogens with one attached hydrogen (secondary N) is 1. The van der Waals surface area contributed by atoms with E-state index in [9.17, 15) is 28.8 Å². The Bertz CT molecular complexity index is 1180. The molecule has 6 amide bonds. The summed E-state index contributed by atoms with van der Waals surface area (Å²) in [6, 6.07) is 6.94. The number of primary amides is 5. The minimum Gasteiger partial charge on any atom is -0.396 e. The Kier molecular flexibility index (Phi) is 8.24. The van der Waals surface area contributed by atoms with Crippen molar-refractivity contribution in [3.05, 3.63) is 68.8 Å². The molecular weight excluding hydrogens is 460 g/mol. The van der Waals surface area contributed by atoms with Crippen LogP contribution in [0.3, 0.4) is 0 Å². The van der Waals surface area contributed by atoms with Gasteiger partial charge < -0.3 is 39.1 Å². The third-order valence-corrected chi connectivity index (χ3v) is 5.06. The average Bonchev–Trinajstić information content (AvgIpc) is 2.79. The number of carbonyl (C=O) groups is 6. The van der Waals surface area contributed by atoms with E-state index < -0.39 is 68.8 Å². The molecule has 2 rings (SSSR count). The molecule has 13 nitrogen and oxygen atoms in total. The summed E-state index contributed by atoms with van der Waals surface area (Å²) in [4.78, 5) is 74.1. The lowest BCUT2D eigenvalue weighted by atomic mass is 9.84. The Morgan fingerprint density at radius 3 is 1.29 bits per heavy atom. The molecule has 0 aromatic heterocycles. The molecule has 0 spiro atoms. The molecule has 0 aliphatic rings. The van der Waals surface area contributed by atoms with Crippen LogP contribution in [0, 0.1) is 0 Å². The van der Waals surface area contributed by atoms with E-state index in [-0.39, 0.29) is 13.2 Å². The predicted octanol–water partition coefficient (Wildman–Crippen LogP) is -1.96. The van der Waals surface area contributed by atoms with Crippen molar-refractivity contribution in [2.45, 2.75) is 19.4 Å². The normalized spacial score (nSPS) is 10.4. The summed E-state index contributed by atoms with van der Waals surface area (Å²) < 4.78 is 0. The number of nitrogens with two attached hydrogens (primary N) is 5. The van der Waals surface area contributed by atoms with Gasteiger partial charge in [0.2, 0.25) is 29.5 Å². The van der Waals surface area contributed by atoms with E-state index in [0.29, 0.717) is 18.4 Å². The highest BCUT2D eigenvalue weighted by molar-refractivity contribution is 6.26. The van der Waals surface area contributed by atoms with Gasteiger partial charge in [0.25, 0.3) is 5.91 Å². The zero-order valence-corrected chi connectivity index (χ0v) is 18.4. The molecule has 0 aliphatic heterocycles. The lowest BCUT2D eigenvalue weighted by molar-refractivity contribution is 0.0909. The minimum atomic E-state index is -1.44. The highest BCUT2D eigenvalue weighted by Gasteiger charge is 2.37. The van der Waals surface area contributed by atoms with Gasteiger partial charge in [-0.15, -0.1) is 0 Å². The Balaban J connectivity index is 2.69. The van der Waals surface area contributed by atoms with Crippen LogP contribution in [0.4, 0.5) is 0 Å². The molecule has 35 heavy (non-hydrogen) atoms. The number of hydrogen-bond acceptors (Lipinski definition) is 7. The Morgan fingerprint density at radius 2 is 0.943 bits per heavy atom. The quantitative estimate of drug-likeness (QED) is 0.189. The molecule has 0 radical (unpaired) electrons. The molecule has 0 unspecified atom stereocenters. The number of benzene rings is 2. The molecule has 0 heterocycles. The van der Waals surface area contributed by atoms with Crippen molar-refractivity contribution >= 4 is 35.4 Å². The lowest BCUT2D eigenvalue weighted by Gasteiger charge is -2.20. The van der Waals surface area contributed by atoms with Crippen LogP contribution in [0.2, 0.25) is 0 Å². The Hall–Kier alpha value is -4.78. The zero-order valence-electron chi connectivity index (χ0n) is 18.4. The van der Waals surface area contributed by atoms with Gasteiger partial charge in [-0.2, -0.15) is 0 Å². The first-order chi connectivity index (χ1) is 16.4. The van der Waals surface area contributed by atoms with Crippen LogP contribution in [0.5, 0.6) is 0 Å². The number of amides is 6. The largest absolute Gasteiger partial charge is 0.396 e. The smallest absolute Gasteiger partial charge is 0.253 e. The van der Waals surface area contributed by atoms with Crippen molar-refractivity contribution in [2.24, 2.45) is 28.7 Å². The third-order valence-electron chi connectivity index (χ3n) is 5.06. The van der Waals surface area contributed by atoms with E-state index in [1.807, 2.05) is 0 Å². The van der Waals surface area contributed by atoms with E-state index in [1.165, 1.54) is 0 Å². The van der Waals surface area contributed by atoms with Crippen molar-refractivity contribution in [3.8, 4) is 0 Å². The monoisotopic (exact) mass is 484 g/mol. The van der Waals surface area contributed by atoms with E-state index in [4.69, 9.17) is 33.8 Å². The van der Waals surface area contributed by atoms with Gasteiger partial charge in [0.05, 0.1) is 33.4 Å². The molecule has 12 N–H and O–H groups in total. The number of aliphatic hydroxyl groups is 1. The van der Waals surface area contributed by atoms with Crippen LogP contribution in [0.15, 0.2) is 24.3 Å². The van der Waals surface area contributed by atoms with Crippen molar-refractivity contribution in [2.75, 3.05) is 6.61 Å². The van der Waals surface area contributed by atoms with Gasteiger partial charge in [0.15, 0.2) is 0 Å². The second kappa shape index (κ2) is 10.9. The van der Waals surface area contributed by atoms with E-state index >= 15 is 0 Å². The topological polar surface area (TPSA) is 265 Å². The first kappa shape index (κ1) is 26.5. The maximum atomic E-state index is 13.1. The number of aliphatic hydroxyl groups excluding tert-OH is 1. The Morgan fingerprint density at radius 1 is 0.600 bits per heavy atom. The van der Waals surface area contributed by atoms with E-state index in [1.54, 1.807) is 24.3 Å². The maximum absolute atomic E-state index is 13.1. The fourth-order valence-electron chi connectivity index (χ4n) is 3.59. The molecule has 0 bridgehead atoms. The average molecular weight is 484 g/mol. The van der Waals surface area contributed by atoms with Gasteiger partial charge in [-0.1, -0.05) is 24.3 Å². The van der Waals surface area contributed by atoms with Crippen molar-refractivity contribution in [1.82, 2.24) is 5.32 Å². The second-order valence-electron chi connectivity index (χ2n) is 7.40. The zero-order chi connectivity index (χ0) is 26.4. The highest BCUT2D eigenvalue weighted by Crippen LogP contribution is 2.29. The molecule has 13 heteroatoms. The van der Waals surface area contributed by atoms with Gasteiger partial charge in [0, 0.05) is 13.2 Å². The fourth-order valence-corrected chi connectivity index (χ4v) is 3.59. The van der Waals surface area contributed by atoms with Crippen LogP contribution in [0.25, 0.3) is 0 Å². The summed E-state index contributed by atoms with van der Waals surface area (Å²) in [7, 11) is 0. The summed E-state index contributed by atoms with van der Waals surface area (Å²) in [6.45, 7) is -0.0811. The van der Waals surface area contributed by atoms with Crippen molar-refractivity contribution in [1.29, 1.82) is 0 Å². The van der Waals surface area contributed by atoms with E-state index in [2.05, 4.69) is 5.32 Å². The maximum Gasteiger partial charge on any atom is 0.253 e. The first-order valence-corrected chi connectivity index (χ1v) is 10.1. The van der Waals surface area contributed by atoms with Crippen LogP contribution < -0.4 is 34.0 Å². The molecule has 2 aromatic carbocycles.